The second-order valence-electron chi connectivity index (χ2n) is 4.18. The van der Waals surface area contributed by atoms with Crippen molar-refractivity contribution in [3.63, 3.8) is 0 Å². The van der Waals surface area contributed by atoms with Crippen LogP contribution >= 0.6 is 0 Å². The third-order valence-electron chi connectivity index (χ3n) is 3.02. The standard InChI is InChI=1S/C12H12N2O3/c15-12(16)8-3-4-10-9(14-8)6-11(17-10)7-2-1-5-13-7/h3-4,6-7,13H,1-2,5H2,(H,15,16). The molecule has 0 amide bonds. The van der Waals surface area contributed by atoms with Crippen molar-refractivity contribution in [1.29, 1.82) is 0 Å². The molecule has 0 radical (unpaired) electrons. The largest absolute Gasteiger partial charge is 0.477 e. The van der Waals surface area contributed by atoms with E-state index < -0.39 is 5.97 Å². The van der Waals surface area contributed by atoms with Crippen molar-refractivity contribution in [3.05, 3.63) is 29.7 Å². The fourth-order valence-corrected chi connectivity index (χ4v) is 2.16. The van der Waals surface area contributed by atoms with E-state index in [1.54, 1.807) is 6.07 Å². The number of carboxylic acid groups (broad SMARTS) is 1. The highest BCUT2D eigenvalue weighted by atomic mass is 16.4. The van der Waals surface area contributed by atoms with Crippen LogP contribution in [0.4, 0.5) is 0 Å². The quantitative estimate of drug-likeness (QED) is 0.827. The number of hydrogen-bond acceptors (Lipinski definition) is 4. The molecule has 5 heteroatoms. The highest BCUT2D eigenvalue weighted by molar-refractivity contribution is 5.88. The zero-order valence-electron chi connectivity index (χ0n) is 9.14. The molecule has 88 valence electrons. The van der Waals surface area contributed by atoms with Crippen molar-refractivity contribution in [2.45, 2.75) is 18.9 Å². The van der Waals surface area contributed by atoms with Gasteiger partial charge in [-0.25, -0.2) is 9.78 Å². The minimum Gasteiger partial charge on any atom is -0.477 e. The molecule has 1 aliphatic heterocycles. The second-order valence-corrected chi connectivity index (χ2v) is 4.18. The lowest BCUT2D eigenvalue weighted by Gasteiger charge is -2.04. The Balaban J connectivity index is 2.03. The molecule has 3 rings (SSSR count). The smallest absolute Gasteiger partial charge is 0.354 e. The normalized spacial score (nSPS) is 19.9. The van der Waals surface area contributed by atoms with E-state index in [2.05, 4.69) is 10.3 Å². The Morgan fingerprint density at radius 1 is 1.53 bits per heavy atom. The molecule has 2 aromatic heterocycles. The van der Waals surface area contributed by atoms with Crippen LogP contribution in [-0.2, 0) is 0 Å². The van der Waals surface area contributed by atoms with Gasteiger partial charge in [-0.05, 0) is 31.5 Å². The first-order chi connectivity index (χ1) is 8.24. The van der Waals surface area contributed by atoms with Gasteiger partial charge >= 0.3 is 5.97 Å². The number of nitrogens with one attached hydrogen (secondary N) is 1. The summed E-state index contributed by atoms with van der Waals surface area (Å²) in [5.41, 5.74) is 1.29. The average molecular weight is 232 g/mol. The highest BCUT2D eigenvalue weighted by Gasteiger charge is 2.20. The maximum absolute atomic E-state index is 10.8. The number of furan rings is 1. The van der Waals surface area contributed by atoms with Gasteiger partial charge in [-0.3, -0.25) is 0 Å². The molecule has 1 atom stereocenters. The van der Waals surface area contributed by atoms with E-state index in [4.69, 9.17) is 9.52 Å². The Kier molecular flexibility index (Phi) is 2.33. The molecule has 2 N–H and O–H groups in total. The monoisotopic (exact) mass is 232 g/mol. The SMILES string of the molecule is O=C(O)c1ccc2oc(C3CCCN3)cc2n1. The molecule has 0 bridgehead atoms. The van der Waals surface area contributed by atoms with Crippen LogP contribution in [0.5, 0.6) is 0 Å². The molecule has 2 aromatic rings. The Morgan fingerprint density at radius 3 is 3.12 bits per heavy atom. The van der Waals surface area contributed by atoms with Gasteiger partial charge in [0.2, 0.25) is 0 Å². The van der Waals surface area contributed by atoms with Crippen molar-refractivity contribution >= 4 is 17.1 Å². The Labute approximate surface area is 97.5 Å². The number of fused-ring (bicyclic) bond motifs is 1. The molecule has 1 saturated heterocycles. The van der Waals surface area contributed by atoms with Crippen LogP contribution in [-0.4, -0.2) is 22.6 Å². The molecule has 0 spiro atoms. The third kappa shape index (κ3) is 1.78. The first-order valence-corrected chi connectivity index (χ1v) is 5.61. The van der Waals surface area contributed by atoms with Crippen molar-refractivity contribution in [1.82, 2.24) is 10.3 Å². The summed E-state index contributed by atoms with van der Waals surface area (Å²) >= 11 is 0. The van der Waals surface area contributed by atoms with E-state index in [1.807, 2.05) is 6.07 Å². The van der Waals surface area contributed by atoms with E-state index >= 15 is 0 Å². The summed E-state index contributed by atoms with van der Waals surface area (Å²) in [4.78, 5) is 14.8. The summed E-state index contributed by atoms with van der Waals surface area (Å²) in [5.74, 6) is -0.179. The summed E-state index contributed by atoms with van der Waals surface area (Å²) in [6.45, 7) is 0.996. The topological polar surface area (TPSA) is 75.4 Å². The highest BCUT2D eigenvalue weighted by Crippen LogP contribution is 2.28. The van der Waals surface area contributed by atoms with Gasteiger partial charge in [-0.15, -0.1) is 0 Å². The number of aromatic carboxylic acids is 1. The number of nitrogens with zero attached hydrogens (tertiary/aromatic N) is 1. The van der Waals surface area contributed by atoms with Gasteiger partial charge in [0.25, 0.3) is 0 Å². The predicted octanol–water partition coefficient (Wildman–Crippen LogP) is 1.95. The van der Waals surface area contributed by atoms with Gasteiger partial charge in [0.1, 0.15) is 17.0 Å². The van der Waals surface area contributed by atoms with Crippen LogP contribution in [0.15, 0.2) is 22.6 Å². The van der Waals surface area contributed by atoms with Crippen LogP contribution in [0.2, 0.25) is 0 Å². The number of rotatable bonds is 2. The van der Waals surface area contributed by atoms with Gasteiger partial charge in [0.05, 0.1) is 6.04 Å². The van der Waals surface area contributed by atoms with Crippen LogP contribution in [0.1, 0.15) is 35.1 Å². The summed E-state index contributed by atoms with van der Waals surface area (Å²) in [6, 6.07) is 5.17. The van der Waals surface area contributed by atoms with E-state index in [0.717, 1.165) is 25.1 Å². The van der Waals surface area contributed by atoms with E-state index in [-0.39, 0.29) is 11.7 Å². The van der Waals surface area contributed by atoms with Crippen molar-refractivity contribution in [2.75, 3.05) is 6.54 Å². The van der Waals surface area contributed by atoms with E-state index in [9.17, 15) is 4.79 Å². The fraction of sp³-hybridized carbons (Fsp3) is 0.333. The van der Waals surface area contributed by atoms with Crippen molar-refractivity contribution in [2.24, 2.45) is 0 Å². The molecular formula is C12H12N2O3. The van der Waals surface area contributed by atoms with Gasteiger partial charge in [0, 0.05) is 6.07 Å². The van der Waals surface area contributed by atoms with Gasteiger partial charge < -0.3 is 14.8 Å². The predicted molar refractivity (Wildman–Crippen MR) is 60.9 cm³/mol. The van der Waals surface area contributed by atoms with Crippen LogP contribution in [0, 0.1) is 0 Å². The van der Waals surface area contributed by atoms with Crippen molar-refractivity contribution in [3.8, 4) is 0 Å². The van der Waals surface area contributed by atoms with E-state index in [0.29, 0.717) is 11.1 Å². The minimum absolute atomic E-state index is 0.0456. The number of hydrogen-bond donors (Lipinski definition) is 2. The van der Waals surface area contributed by atoms with Gasteiger partial charge in [-0.2, -0.15) is 0 Å². The maximum Gasteiger partial charge on any atom is 0.354 e. The molecule has 17 heavy (non-hydrogen) atoms. The first kappa shape index (κ1) is 10.3. The molecule has 0 aliphatic carbocycles. The lowest BCUT2D eigenvalue weighted by molar-refractivity contribution is 0.0691. The maximum atomic E-state index is 10.8. The summed E-state index contributed by atoms with van der Waals surface area (Å²) < 4.78 is 5.67. The molecule has 0 saturated carbocycles. The zero-order valence-corrected chi connectivity index (χ0v) is 9.14. The zero-order chi connectivity index (χ0) is 11.8. The van der Waals surface area contributed by atoms with Crippen LogP contribution in [0.3, 0.4) is 0 Å². The van der Waals surface area contributed by atoms with Crippen LogP contribution in [0.25, 0.3) is 11.1 Å². The molecule has 1 fully saturated rings. The van der Waals surface area contributed by atoms with Crippen LogP contribution < -0.4 is 5.32 Å². The Bertz CT molecular complexity index is 570. The Hall–Kier alpha value is -1.88. The molecule has 1 aliphatic rings. The fourth-order valence-electron chi connectivity index (χ4n) is 2.16. The Morgan fingerprint density at radius 2 is 2.41 bits per heavy atom. The van der Waals surface area contributed by atoms with Gasteiger partial charge in [-0.1, -0.05) is 0 Å². The summed E-state index contributed by atoms with van der Waals surface area (Å²) in [7, 11) is 0. The molecular weight excluding hydrogens is 220 g/mol. The van der Waals surface area contributed by atoms with E-state index in [1.165, 1.54) is 6.07 Å². The lowest BCUT2D eigenvalue weighted by atomic mass is 10.2. The number of carboxylic acids is 1. The minimum atomic E-state index is -1.02. The summed E-state index contributed by atoms with van der Waals surface area (Å²) in [5, 5.41) is 12.2. The summed E-state index contributed by atoms with van der Waals surface area (Å²) in [6.07, 6.45) is 2.18. The number of aromatic nitrogens is 1. The third-order valence-corrected chi connectivity index (χ3v) is 3.02. The van der Waals surface area contributed by atoms with Crippen molar-refractivity contribution < 1.29 is 14.3 Å². The van der Waals surface area contributed by atoms with Gasteiger partial charge in [0.15, 0.2) is 5.58 Å². The number of carbonyl (C=O) groups is 1. The second kappa shape index (κ2) is 3.85. The molecule has 1 unspecified atom stereocenters. The average Bonchev–Trinajstić information content (AvgIpc) is 2.96. The first-order valence-electron chi connectivity index (χ1n) is 5.61. The number of pyridine rings is 1. The molecule has 3 heterocycles. The molecule has 0 aromatic carbocycles. The lowest BCUT2D eigenvalue weighted by Crippen LogP contribution is -2.11. The molecule has 5 nitrogen and oxygen atoms in total.